The van der Waals surface area contributed by atoms with Crippen LogP contribution in [0.4, 0.5) is 5.69 Å². The van der Waals surface area contributed by atoms with Crippen molar-refractivity contribution >= 4 is 33.7 Å². The van der Waals surface area contributed by atoms with Gasteiger partial charge in [-0.25, -0.2) is 5.43 Å². The van der Waals surface area contributed by atoms with Gasteiger partial charge in [0.15, 0.2) is 0 Å². The van der Waals surface area contributed by atoms with Crippen LogP contribution < -0.4 is 14.9 Å². The minimum Gasteiger partial charge on any atom is -0.507 e. The van der Waals surface area contributed by atoms with Gasteiger partial charge in [0.2, 0.25) is 0 Å². The van der Waals surface area contributed by atoms with Gasteiger partial charge in [0.1, 0.15) is 23.9 Å². The number of amides is 1. The molecule has 3 aromatic rings. The summed E-state index contributed by atoms with van der Waals surface area (Å²) in [5.41, 5.74) is 3.86. The Morgan fingerprint density at radius 2 is 1.94 bits per heavy atom. The summed E-state index contributed by atoms with van der Waals surface area (Å²) in [4.78, 5) is 22.4. The quantitative estimate of drug-likeness (QED) is 0.268. The molecule has 0 atom stereocenters. The van der Waals surface area contributed by atoms with E-state index in [2.05, 4.69) is 26.5 Å². The third kappa shape index (κ3) is 5.82. The summed E-state index contributed by atoms with van der Waals surface area (Å²) in [5, 5.41) is 24.4. The molecular formula is C22H18BrN3O6. The molecule has 3 aromatic carbocycles. The van der Waals surface area contributed by atoms with Gasteiger partial charge in [-0.1, -0.05) is 28.1 Å². The van der Waals surface area contributed by atoms with Gasteiger partial charge >= 0.3 is 0 Å². The number of phenolic OH excluding ortho intramolecular Hbond substituents is 1. The Morgan fingerprint density at radius 1 is 1.19 bits per heavy atom. The van der Waals surface area contributed by atoms with Crippen molar-refractivity contribution in [3.05, 3.63) is 91.9 Å². The molecule has 2 N–H and O–H groups in total. The minimum atomic E-state index is -0.555. The number of hydrogen-bond donors (Lipinski definition) is 2. The number of nitro groups is 1. The summed E-state index contributed by atoms with van der Waals surface area (Å²) >= 11 is 3.25. The number of aromatic hydroxyl groups is 1. The van der Waals surface area contributed by atoms with Gasteiger partial charge in [0.05, 0.1) is 23.8 Å². The number of hydrazone groups is 1. The molecule has 0 aliphatic carbocycles. The highest BCUT2D eigenvalue weighted by molar-refractivity contribution is 9.10. The van der Waals surface area contributed by atoms with Gasteiger partial charge in [0.25, 0.3) is 11.6 Å². The first-order valence-electron chi connectivity index (χ1n) is 9.23. The highest BCUT2D eigenvalue weighted by atomic mass is 79.9. The molecule has 0 unspecified atom stereocenters. The van der Waals surface area contributed by atoms with Crippen molar-refractivity contribution in [3.8, 4) is 17.2 Å². The van der Waals surface area contributed by atoms with Gasteiger partial charge in [-0.3, -0.25) is 14.9 Å². The van der Waals surface area contributed by atoms with E-state index >= 15 is 0 Å². The van der Waals surface area contributed by atoms with Crippen LogP contribution in [0.15, 0.2) is 70.2 Å². The fourth-order valence-corrected chi connectivity index (χ4v) is 3.06. The Hall–Kier alpha value is -3.92. The number of nitrogens with one attached hydrogen (secondary N) is 1. The molecule has 164 valence electrons. The van der Waals surface area contributed by atoms with Gasteiger partial charge in [-0.05, 0) is 42.0 Å². The lowest BCUT2D eigenvalue weighted by Gasteiger charge is -2.11. The molecule has 32 heavy (non-hydrogen) atoms. The Kier molecular flexibility index (Phi) is 7.40. The highest BCUT2D eigenvalue weighted by Crippen LogP contribution is 2.24. The van der Waals surface area contributed by atoms with Gasteiger partial charge in [-0.2, -0.15) is 5.10 Å². The largest absolute Gasteiger partial charge is 0.507 e. The molecule has 0 radical (unpaired) electrons. The summed E-state index contributed by atoms with van der Waals surface area (Å²) < 4.78 is 11.7. The van der Waals surface area contributed by atoms with Crippen LogP contribution in [-0.2, 0) is 6.61 Å². The molecule has 0 spiro atoms. The molecule has 0 aromatic heterocycles. The van der Waals surface area contributed by atoms with Crippen LogP contribution in [0.25, 0.3) is 0 Å². The van der Waals surface area contributed by atoms with E-state index < -0.39 is 10.8 Å². The van der Waals surface area contributed by atoms with E-state index in [9.17, 15) is 20.0 Å². The molecule has 0 fully saturated rings. The van der Waals surface area contributed by atoms with E-state index in [1.807, 2.05) is 0 Å². The van der Waals surface area contributed by atoms with Crippen LogP contribution in [0.5, 0.6) is 17.2 Å². The van der Waals surface area contributed by atoms with Gasteiger partial charge < -0.3 is 14.6 Å². The summed E-state index contributed by atoms with van der Waals surface area (Å²) in [6, 6.07) is 15.6. The molecule has 0 bridgehead atoms. The topological polar surface area (TPSA) is 123 Å². The number of hydrogen-bond acceptors (Lipinski definition) is 7. The first kappa shape index (κ1) is 22.8. The summed E-state index contributed by atoms with van der Waals surface area (Å²) in [6.07, 6.45) is 1.44. The van der Waals surface area contributed by atoms with Crippen LogP contribution in [0.3, 0.4) is 0 Å². The lowest BCUT2D eigenvalue weighted by Crippen LogP contribution is -2.17. The number of nitro benzene ring substituents is 1. The highest BCUT2D eigenvalue weighted by Gasteiger charge is 2.11. The first-order chi connectivity index (χ1) is 15.4. The average Bonchev–Trinajstić information content (AvgIpc) is 2.79. The average molecular weight is 500 g/mol. The zero-order valence-electron chi connectivity index (χ0n) is 16.8. The van der Waals surface area contributed by atoms with Crippen LogP contribution in [0, 0.1) is 10.1 Å². The molecule has 9 nitrogen and oxygen atoms in total. The van der Waals surface area contributed by atoms with Gasteiger partial charge in [0, 0.05) is 22.2 Å². The van der Waals surface area contributed by atoms with E-state index in [4.69, 9.17) is 9.47 Å². The number of methoxy groups -OCH3 is 1. The van der Waals surface area contributed by atoms with E-state index in [-0.39, 0.29) is 23.6 Å². The molecular weight excluding hydrogens is 482 g/mol. The second kappa shape index (κ2) is 10.4. The van der Waals surface area contributed by atoms with Crippen molar-refractivity contribution < 1.29 is 24.3 Å². The maximum absolute atomic E-state index is 12.2. The molecule has 0 saturated carbocycles. The first-order valence-corrected chi connectivity index (χ1v) is 10.0. The number of ether oxygens (including phenoxy) is 2. The van der Waals surface area contributed by atoms with Crippen molar-refractivity contribution in [3.63, 3.8) is 0 Å². The van der Waals surface area contributed by atoms with E-state index in [1.54, 1.807) is 24.3 Å². The number of nitrogens with zero attached hydrogens (tertiary/aromatic N) is 2. The second-order valence-electron chi connectivity index (χ2n) is 6.47. The third-order valence-corrected chi connectivity index (χ3v) is 4.83. The number of carbonyl (C=O) groups is 1. The van der Waals surface area contributed by atoms with Crippen molar-refractivity contribution in [1.29, 1.82) is 0 Å². The predicted octanol–water partition coefficient (Wildman–Crippen LogP) is 4.41. The van der Waals surface area contributed by atoms with E-state index in [1.165, 1.54) is 49.7 Å². The fourth-order valence-electron chi connectivity index (χ4n) is 2.70. The number of phenols is 1. The molecule has 0 heterocycles. The standard InChI is InChI=1S/C22H18BrN3O6/c1-31-21-10-14(12-24-25-22(28)19-11-16(23)4-9-20(19)27)2-3-15(21)13-32-18-7-5-17(6-8-18)26(29)30/h2-12,27H,13H2,1H3,(H,25,28). The molecule has 0 aliphatic heterocycles. The van der Waals surface area contributed by atoms with Crippen molar-refractivity contribution in [2.24, 2.45) is 5.10 Å². The Bertz CT molecular complexity index is 1160. The molecule has 10 heteroatoms. The van der Waals surface area contributed by atoms with Crippen molar-refractivity contribution in [2.45, 2.75) is 6.61 Å². The van der Waals surface area contributed by atoms with E-state index in [0.29, 0.717) is 21.5 Å². The molecule has 0 aliphatic rings. The smallest absolute Gasteiger partial charge is 0.275 e. The lowest BCUT2D eigenvalue weighted by molar-refractivity contribution is -0.384. The summed E-state index contributed by atoms with van der Waals surface area (Å²) in [6.45, 7) is 0.192. The predicted molar refractivity (Wildman–Crippen MR) is 121 cm³/mol. The maximum atomic E-state index is 12.2. The normalized spacial score (nSPS) is 10.7. The number of halogens is 1. The number of carbonyl (C=O) groups excluding carboxylic acids is 1. The van der Waals surface area contributed by atoms with Crippen LogP contribution in [-0.4, -0.2) is 29.3 Å². The zero-order chi connectivity index (χ0) is 23.1. The Morgan fingerprint density at radius 3 is 2.62 bits per heavy atom. The Balaban J connectivity index is 1.63. The number of benzene rings is 3. The molecule has 3 rings (SSSR count). The minimum absolute atomic E-state index is 0.0132. The van der Waals surface area contributed by atoms with Gasteiger partial charge in [-0.15, -0.1) is 0 Å². The summed E-state index contributed by atoms with van der Waals surface area (Å²) in [5.74, 6) is 0.328. The lowest BCUT2D eigenvalue weighted by atomic mass is 10.1. The van der Waals surface area contributed by atoms with Crippen LogP contribution in [0.2, 0.25) is 0 Å². The third-order valence-electron chi connectivity index (χ3n) is 4.34. The zero-order valence-corrected chi connectivity index (χ0v) is 18.4. The molecule has 0 saturated heterocycles. The van der Waals surface area contributed by atoms with E-state index in [0.717, 1.165) is 5.56 Å². The van der Waals surface area contributed by atoms with Crippen LogP contribution in [0.1, 0.15) is 21.5 Å². The molecule has 1 amide bonds. The summed E-state index contributed by atoms with van der Waals surface area (Å²) in [7, 11) is 1.52. The second-order valence-corrected chi connectivity index (χ2v) is 7.39. The SMILES string of the molecule is COc1cc(C=NNC(=O)c2cc(Br)ccc2O)ccc1COc1ccc([N+](=O)[O-])cc1. The Labute approximate surface area is 191 Å². The van der Waals surface area contributed by atoms with Crippen molar-refractivity contribution in [2.75, 3.05) is 7.11 Å². The van der Waals surface area contributed by atoms with Crippen molar-refractivity contribution in [1.82, 2.24) is 5.43 Å². The number of rotatable bonds is 8. The maximum Gasteiger partial charge on any atom is 0.275 e. The van der Waals surface area contributed by atoms with Crippen LogP contribution >= 0.6 is 15.9 Å². The monoisotopic (exact) mass is 499 g/mol. The fraction of sp³-hybridized carbons (Fsp3) is 0.0909. The number of non-ortho nitro benzene ring substituents is 1.